The van der Waals surface area contributed by atoms with Gasteiger partial charge in [-0.15, -0.1) is 0 Å². The van der Waals surface area contributed by atoms with E-state index in [0.717, 1.165) is 25.0 Å². The molecule has 0 aromatic heterocycles. The predicted molar refractivity (Wildman–Crippen MR) is 67.0 cm³/mol. The topological polar surface area (TPSA) is 66.4 Å². The third-order valence-electron chi connectivity index (χ3n) is 3.37. The molecule has 6 heteroatoms. The lowest BCUT2D eigenvalue weighted by molar-refractivity contribution is -0.154. The molecule has 1 amide bonds. The van der Waals surface area contributed by atoms with Crippen LogP contribution in [0.25, 0.3) is 0 Å². The Morgan fingerprint density at radius 2 is 1.85 bits per heavy atom. The van der Waals surface area contributed by atoms with E-state index in [1.54, 1.807) is 0 Å². The molecule has 0 saturated heterocycles. The number of halogens is 2. The van der Waals surface area contributed by atoms with Gasteiger partial charge in [0.05, 0.1) is 0 Å². The SMILES string of the molecule is CC(Cc1cc(F)cc(F)c1)(C(=O)O)C(=O)NC1CC1. The van der Waals surface area contributed by atoms with E-state index in [1.165, 1.54) is 6.92 Å². The molecule has 0 radical (unpaired) electrons. The second-order valence-corrected chi connectivity index (χ2v) is 5.34. The zero-order valence-corrected chi connectivity index (χ0v) is 11.0. The van der Waals surface area contributed by atoms with E-state index < -0.39 is 28.9 Å². The van der Waals surface area contributed by atoms with Gasteiger partial charge >= 0.3 is 5.97 Å². The summed E-state index contributed by atoms with van der Waals surface area (Å²) in [5.41, 5.74) is -1.61. The molecule has 1 saturated carbocycles. The van der Waals surface area contributed by atoms with Crippen molar-refractivity contribution in [3.63, 3.8) is 0 Å². The number of aliphatic carboxylic acids is 1. The molecule has 1 aromatic carbocycles. The zero-order chi connectivity index (χ0) is 14.9. The fraction of sp³-hybridized carbons (Fsp3) is 0.429. The standard InChI is InChI=1S/C14H15F2NO3/c1-14(13(19)20,12(18)17-11-2-3-11)7-8-4-9(15)6-10(16)5-8/h4-6,11H,2-3,7H2,1H3,(H,17,18)(H,19,20). The molecule has 2 rings (SSSR count). The van der Waals surface area contributed by atoms with E-state index in [9.17, 15) is 23.5 Å². The molecule has 1 aliphatic rings. The first-order chi connectivity index (χ1) is 9.31. The van der Waals surface area contributed by atoms with E-state index in [4.69, 9.17) is 0 Å². The van der Waals surface area contributed by atoms with Gasteiger partial charge in [0, 0.05) is 12.1 Å². The first kappa shape index (κ1) is 14.4. The quantitative estimate of drug-likeness (QED) is 0.811. The highest BCUT2D eigenvalue weighted by Crippen LogP contribution is 2.27. The number of amides is 1. The summed E-state index contributed by atoms with van der Waals surface area (Å²) in [4.78, 5) is 23.4. The summed E-state index contributed by atoms with van der Waals surface area (Å²) in [6.07, 6.45) is 1.39. The fourth-order valence-corrected chi connectivity index (χ4v) is 1.95. The molecule has 108 valence electrons. The summed E-state index contributed by atoms with van der Waals surface area (Å²) in [6.45, 7) is 1.26. The third kappa shape index (κ3) is 3.12. The Hall–Kier alpha value is -1.98. The van der Waals surface area contributed by atoms with Crippen LogP contribution in [0.5, 0.6) is 0 Å². The average molecular weight is 283 g/mol. The number of carbonyl (C=O) groups excluding carboxylic acids is 1. The summed E-state index contributed by atoms with van der Waals surface area (Å²) < 4.78 is 26.3. The van der Waals surface area contributed by atoms with Crippen molar-refractivity contribution in [2.24, 2.45) is 5.41 Å². The van der Waals surface area contributed by atoms with Gasteiger partial charge in [0.2, 0.25) is 5.91 Å². The van der Waals surface area contributed by atoms with Crippen molar-refractivity contribution >= 4 is 11.9 Å². The minimum Gasteiger partial charge on any atom is -0.480 e. The number of carboxylic acids is 1. The molecule has 0 heterocycles. The maximum absolute atomic E-state index is 13.1. The van der Waals surface area contributed by atoms with Crippen LogP contribution >= 0.6 is 0 Å². The predicted octanol–water partition coefficient (Wildman–Crippen LogP) is 1.88. The van der Waals surface area contributed by atoms with Gasteiger partial charge in [-0.2, -0.15) is 0 Å². The van der Waals surface area contributed by atoms with Crippen LogP contribution in [0.15, 0.2) is 18.2 Å². The van der Waals surface area contributed by atoms with Crippen molar-refractivity contribution in [1.82, 2.24) is 5.32 Å². The van der Waals surface area contributed by atoms with E-state index in [0.29, 0.717) is 6.07 Å². The van der Waals surface area contributed by atoms with Gasteiger partial charge in [0.1, 0.15) is 17.0 Å². The minimum absolute atomic E-state index is 0.0189. The lowest BCUT2D eigenvalue weighted by atomic mass is 9.82. The van der Waals surface area contributed by atoms with E-state index in [1.807, 2.05) is 0 Å². The molecule has 0 bridgehead atoms. The maximum Gasteiger partial charge on any atom is 0.319 e. The molecule has 1 atom stereocenters. The monoisotopic (exact) mass is 283 g/mol. The summed E-state index contributed by atoms with van der Waals surface area (Å²) in [5.74, 6) is -3.54. The second-order valence-electron chi connectivity index (χ2n) is 5.34. The zero-order valence-electron chi connectivity index (χ0n) is 11.0. The average Bonchev–Trinajstić information content (AvgIpc) is 3.10. The second kappa shape index (κ2) is 5.19. The molecule has 2 N–H and O–H groups in total. The van der Waals surface area contributed by atoms with Crippen molar-refractivity contribution in [2.45, 2.75) is 32.2 Å². The third-order valence-corrected chi connectivity index (χ3v) is 3.37. The fourth-order valence-electron chi connectivity index (χ4n) is 1.95. The first-order valence-electron chi connectivity index (χ1n) is 6.30. The summed E-state index contributed by atoms with van der Waals surface area (Å²) in [5, 5.41) is 11.9. The van der Waals surface area contributed by atoms with Crippen LogP contribution in [-0.2, 0) is 16.0 Å². The maximum atomic E-state index is 13.1. The van der Waals surface area contributed by atoms with Gasteiger partial charge in [-0.1, -0.05) is 0 Å². The van der Waals surface area contributed by atoms with Gasteiger partial charge in [0.25, 0.3) is 0 Å². The van der Waals surface area contributed by atoms with Gasteiger partial charge < -0.3 is 10.4 Å². The number of nitrogens with one attached hydrogen (secondary N) is 1. The number of rotatable bonds is 5. The lowest BCUT2D eigenvalue weighted by Gasteiger charge is -2.24. The van der Waals surface area contributed by atoms with Crippen molar-refractivity contribution in [2.75, 3.05) is 0 Å². The Bertz CT molecular complexity index is 537. The Balaban J connectivity index is 2.23. The molecule has 4 nitrogen and oxygen atoms in total. The molecule has 1 unspecified atom stereocenters. The molecule has 0 aliphatic heterocycles. The van der Waals surface area contributed by atoms with E-state index in [-0.39, 0.29) is 18.0 Å². The molecular formula is C14H15F2NO3. The Morgan fingerprint density at radius 3 is 2.30 bits per heavy atom. The number of hydrogen-bond donors (Lipinski definition) is 2. The summed E-state index contributed by atoms with van der Waals surface area (Å²) in [7, 11) is 0. The van der Waals surface area contributed by atoms with Crippen LogP contribution < -0.4 is 5.32 Å². The van der Waals surface area contributed by atoms with Crippen molar-refractivity contribution in [3.8, 4) is 0 Å². The Labute approximate surface area is 114 Å². The smallest absolute Gasteiger partial charge is 0.319 e. The summed E-state index contributed by atoms with van der Waals surface area (Å²) in [6, 6.07) is 2.79. The van der Waals surface area contributed by atoms with Gasteiger partial charge in [-0.25, -0.2) is 8.78 Å². The largest absolute Gasteiger partial charge is 0.480 e. The number of carbonyl (C=O) groups is 2. The van der Waals surface area contributed by atoms with Crippen LogP contribution in [0.3, 0.4) is 0 Å². The normalized spacial score (nSPS) is 17.4. The van der Waals surface area contributed by atoms with Gasteiger partial charge in [-0.3, -0.25) is 9.59 Å². The highest BCUT2D eigenvalue weighted by molar-refractivity contribution is 6.02. The summed E-state index contributed by atoms with van der Waals surface area (Å²) >= 11 is 0. The van der Waals surface area contributed by atoms with E-state index in [2.05, 4.69) is 5.32 Å². The van der Waals surface area contributed by atoms with Crippen LogP contribution in [0.2, 0.25) is 0 Å². The highest BCUT2D eigenvalue weighted by Gasteiger charge is 2.43. The lowest BCUT2D eigenvalue weighted by Crippen LogP contribution is -2.46. The van der Waals surface area contributed by atoms with Gasteiger partial charge in [0.15, 0.2) is 0 Å². The van der Waals surface area contributed by atoms with Crippen molar-refractivity contribution in [3.05, 3.63) is 35.4 Å². The Morgan fingerprint density at radius 1 is 1.30 bits per heavy atom. The molecule has 1 aliphatic carbocycles. The molecule has 1 aromatic rings. The molecule has 1 fully saturated rings. The van der Waals surface area contributed by atoms with Crippen molar-refractivity contribution in [1.29, 1.82) is 0 Å². The van der Waals surface area contributed by atoms with Crippen LogP contribution in [0.1, 0.15) is 25.3 Å². The molecular weight excluding hydrogens is 268 g/mol. The van der Waals surface area contributed by atoms with E-state index >= 15 is 0 Å². The van der Waals surface area contributed by atoms with Crippen LogP contribution in [0.4, 0.5) is 8.78 Å². The van der Waals surface area contributed by atoms with Crippen LogP contribution in [-0.4, -0.2) is 23.0 Å². The van der Waals surface area contributed by atoms with Gasteiger partial charge in [-0.05, 0) is 43.9 Å². The number of hydrogen-bond acceptors (Lipinski definition) is 2. The number of benzene rings is 1. The molecule has 20 heavy (non-hydrogen) atoms. The van der Waals surface area contributed by atoms with Crippen molar-refractivity contribution < 1.29 is 23.5 Å². The highest BCUT2D eigenvalue weighted by atomic mass is 19.1. The number of carboxylic acid groups (broad SMARTS) is 1. The Kier molecular flexibility index (Phi) is 3.74. The molecule has 0 spiro atoms. The first-order valence-corrected chi connectivity index (χ1v) is 6.30. The minimum atomic E-state index is -1.75. The van der Waals surface area contributed by atoms with Crippen LogP contribution in [0, 0.1) is 17.0 Å².